The van der Waals surface area contributed by atoms with Crippen LogP contribution in [0.5, 0.6) is 0 Å². The largest absolute Gasteiger partial charge is 0.440 e. The van der Waals surface area contributed by atoms with Gasteiger partial charge in [-0.25, -0.2) is 9.37 Å². The summed E-state index contributed by atoms with van der Waals surface area (Å²) in [5.74, 6) is 0.223. The predicted octanol–water partition coefficient (Wildman–Crippen LogP) is 2.20. The van der Waals surface area contributed by atoms with Gasteiger partial charge in [0.25, 0.3) is 0 Å². The molecule has 4 heteroatoms. The maximum atomic E-state index is 12.9. The zero-order chi connectivity index (χ0) is 11.1. The predicted molar refractivity (Wildman–Crippen MR) is 56.0 cm³/mol. The van der Waals surface area contributed by atoms with E-state index >= 15 is 0 Å². The Morgan fingerprint density at radius 3 is 2.87 bits per heavy atom. The lowest BCUT2D eigenvalue weighted by Crippen LogP contribution is -2.28. The topological polar surface area (TPSA) is 52.0 Å². The van der Waals surface area contributed by atoms with Crippen molar-refractivity contribution in [2.45, 2.75) is 19.3 Å². The van der Waals surface area contributed by atoms with Crippen LogP contribution >= 0.6 is 0 Å². The fourth-order valence-corrected chi connectivity index (χ4v) is 1.28. The molecule has 2 N–H and O–H groups in total. The van der Waals surface area contributed by atoms with Gasteiger partial charge in [-0.05, 0) is 26.0 Å². The standard InChI is InChI=1S/C11H13FN2O/c1-11(2,6-13)10-14-8-4-3-7(12)5-9(8)15-10/h3-5H,6,13H2,1-2H3. The van der Waals surface area contributed by atoms with Crippen LogP contribution in [0.25, 0.3) is 11.1 Å². The normalized spacial score (nSPS) is 12.3. The molecule has 80 valence electrons. The van der Waals surface area contributed by atoms with Crippen LogP contribution in [-0.4, -0.2) is 11.5 Å². The average Bonchev–Trinajstić information content (AvgIpc) is 2.61. The summed E-state index contributed by atoms with van der Waals surface area (Å²) in [6.07, 6.45) is 0. The Balaban J connectivity index is 2.56. The highest BCUT2D eigenvalue weighted by atomic mass is 19.1. The first-order valence-electron chi connectivity index (χ1n) is 4.79. The molecule has 0 amide bonds. The second-order valence-electron chi connectivity index (χ2n) is 4.22. The molecular formula is C11H13FN2O. The van der Waals surface area contributed by atoms with Crippen LogP contribution in [-0.2, 0) is 5.41 Å². The maximum Gasteiger partial charge on any atom is 0.202 e. The highest BCUT2D eigenvalue weighted by molar-refractivity contribution is 5.72. The van der Waals surface area contributed by atoms with Crippen LogP contribution in [0.2, 0.25) is 0 Å². The van der Waals surface area contributed by atoms with Crippen molar-refractivity contribution in [2.24, 2.45) is 5.73 Å². The van der Waals surface area contributed by atoms with Crippen LogP contribution in [0.15, 0.2) is 22.6 Å². The lowest BCUT2D eigenvalue weighted by atomic mass is 9.94. The van der Waals surface area contributed by atoms with Gasteiger partial charge in [0, 0.05) is 12.6 Å². The smallest absolute Gasteiger partial charge is 0.202 e. The molecule has 0 spiro atoms. The van der Waals surface area contributed by atoms with E-state index in [0.29, 0.717) is 23.5 Å². The Labute approximate surface area is 87.1 Å². The molecule has 0 aliphatic heterocycles. The van der Waals surface area contributed by atoms with Crippen LogP contribution in [0.1, 0.15) is 19.7 Å². The van der Waals surface area contributed by atoms with Gasteiger partial charge in [0.1, 0.15) is 11.3 Å². The van der Waals surface area contributed by atoms with E-state index < -0.39 is 0 Å². The molecule has 2 rings (SSSR count). The highest BCUT2D eigenvalue weighted by Gasteiger charge is 2.25. The lowest BCUT2D eigenvalue weighted by molar-refractivity contribution is 0.390. The summed E-state index contributed by atoms with van der Waals surface area (Å²) < 4.78 is 18.4. The Morgan fingerprint density at radius 2 is 2.20 bits per heavy atom. The fraction of sp³-hybridized carbons (Fsp3) is 0.364. The van der Waals surface area contributed by atoms with E-state index in [2.05, 4.69) is 4.98 Å². The summed E-state index contributed by atoms with van der Waals surface area (Å²) in [5, 5.41) is 0. The first-order valence-corrected chi connectivity index (χ1v) is 4.79. The first kappa shape index (κ1) is 10.1. The summed E-state index contributed by atoms with van der Waals surface area (Å²) in [6, 6.07) is 4.30. The van der Waals surface area contributed by atoms with E-state index in [1.807, 2.05) is 13.8 Å². The number of hydrogen-bond donors (Lipinski definition) is 1. The Kier molecular flexibility index (Phi) is 2.23. The average molecular weight is 208 g/mol. The molecule has 1 heterocycles. The third-order valence-corrected chi connectivity index (χ3v) is 2.44. The Hall–Kier alpha value is -1.42. The third kappa shape index (κ3) is 1.72. The van der Waals surface area contributed by atoms with Gasteiger partial charge in [-0.15, -0.1) is 0 Å². The van der Waals surface area contributed by atoms with Gasteiger partial charge in [0.05, 0.1) is 5.41 Å². The van der Waals surface area contributed by atoms with Crippen molar-refractivity contribution in [1.82, 2.24) is 4.98 Å². The minimum absolute atomic E-state index is 0.323. The van der Waals surface area contributed by atoms with E-state index in [-0.39, 0.29) is 11.2 Å². The van der Waals surface area contributed by atoms with E-state index in [0.717, 1.165) is 0 Å². The van der Waals surface area contributed by atoms with Crippen molar-refractivity contribution in [3.8, 4) is 0 Å². The second kappa shape index (κ2) is 3.31. The van der Waals surface area contributed by atoms with Gasteiger partial charge in [-0.3, -0.25) is 0 Å². The van der Waals surface area contributed by atoms with Gasteiger partial charge < -0.3 is 10.2 Å². The van der Waals surface area contributed by atoms with Gasteiger partial charge in [0.2, 0.25) is 5.89 Å². The van der Waals surface area contributed by atoms with Crippen molar-refractivity contribution in [3.63, 3.8) is 0 Å². The van der Waals surface area contributed by atoms with Gasteiger partial charge >= 0.3 is 0 Å². The fourth-order valence-electron chi connectivity index (χ4n) is 1.28. The molecule has 0 saturated carbocycles. The first-order chi connectivity index (χ1) is 7.03. The summed E-state index contributed by atoms with van der Waals surface area (Å²) in [7, 11) is 0. The molecule has 1 aromatic carbocycles. The third-order valence-electron chi connectivity index (χ3n) is 2.44. The van der Waals surface area contributed by atoms with Crippen LogP contribution in [0.4, 0.5) is 4.39 Å². The van der Waals surface area contributed by atoms with Gasteiger partial charge in [0.15, 0.2) is 5.58 Å². The lowest BCUT2D eigenvalue weighted by Gasteiger charge is -2.16. The van der Waals surface area contributed by atoms with Crippen molar-refractivity contribution in [2.75, 3.05) is 6.54 Å². The van der Waals surface area contributed by atoms with Gasteiger partial charge in [-0.2, -0.15) is 0 Å². The SMILES string of the molecule is CC(C)(CN)c1nc2ccc(F)cc2o1. The molecular weight excluding hydrogens is 195 g/mol. The van der Waals surface area contributed by atoms with Crippen LogP contribution in [0, 0.1) is 5.82 Å². The molecule has 0 bridgehead atoms. The number of hydrogen-bond acceptors (Lipinski definition) is 3. The molecule has 0 aliphatic rings. The second-order valence-corrected chi connectivity index (χ2v) is 4.22. The molecule has 2 aromatic rings. The number of nitrogens with zero attached hydrogens (tertiary/aromatic N) is 1. The van der Waals surface area contributed by atoms with Crippen molar-refractivity contribution in [3.05, 3.63) is 29.9 Å². The number of benzene rings is 1. The monoisotopic (exact) mass is 208 g/mol. The maximum absolute atomic E-state index is 12.9. The zero-order valence-electron chi connectivity index (χ0n) is 8.75. The summed E-state index contributed by atoms with van der Waals surface area (Å²) >= 11 is 0. The minimum Gasteiger partial charge on any atom is -0.440 e. The summed E-state index contributed by atoms with van der Waals surface area (Å²) in [4.78, 5) is 4.28. The van der Waals surface area contributed by atoms with Crippen molar-refractivity contribution < 1.29 is 8.81 Å². The minimum atomic E-state index is -0.324. The van der Waals surface area contributed by atoms with Crippen molar-refractivity contribution in [1.29, 1.82) is 0 Å². The number of rotatable bonds is 2. The Morgan fingerprint density at radius 1 is 1.47 bits per heavy atom. The molecule has 0 atom stereocenters. The number of halogens is 1. The summed E-state index contributed by atoms with van der Waals surface area (Å²) in [5.41, 5.74) is 6.42. The molecule has 0 aliphatic carbocycles. The Bertz CT molecular complexity index is 490. The number of nitrogens with two attached hydrogens (primary N) is 1. The van der Waals surface area contributed by atoms with E-state index in [4.69, 9.17) is 10.2 Å². The molecule has 15 heavy (non-hydrogen) atoms. The number of oxazole rings is 1. The summed E-state index contributed by atoms with van der Waals surface area (Å²) in [6.45, 7) is 4.31. The van der Waals surface area contributed by atoms with E-state index in [1.165, 1.54) is 12.1 Å². The molecule has 0 radical (unpaired) electrons. The molecule has 0 unspecified atom stereocenters. The van der Waals surface area contributed by atoms with E-state index in [1.54, 1.807) is 6.07 Å². The number of aromatic nitrogens is 1. The highest BCUT2D eigenvalue weighted by Crippen LogP contribution is 2.25. The zero-order valence-corrected chi connectivity index (χ0v) is 8.75. The number of fused-ring (bicyclic) bond motifs is 1. The molecule has 3 nitrogen and oxygen atoms in total. The quantitative estimate of drug-likeness (QED) is 0.823. The van der Waals surface area contributed by atoms with Crippen LogP contribution in [0.3, 0.4) is 0 Å². The van der Waals surface area contributed by atoms with Gasteiger partial charge in [-0.1, -0.05) is 0 Å². The molecule has 0 fully saturated rings. The van der Waals surface area contributed by atoms with E-state index in [9.17, 15) is 4.39 Å². The van der Waals surface area contributed by atoms with Crippen LogP contribution < -0.4 is 5.73 Å². The molecule has 0 saturated heterocycles. The van der Waals surface area contributed by atoms with Crippen molar-refractivity contribution >= 4 is 11.1 Å². The molecule has 1 aromatic heterocycles.